The molecule has 3 N–H and O–H groups in total. The van der Waals surface area contributed by atoms with Crippen molar-refractivity contribution in [3.63, 3.8) is 0 Å². The zero-order valence-corrected chi connectivity index (χ0v) is 12.5. The molecule has 0 atom stereocenters. The molecule has 106 valence electrons. The van der Waals surface area contributed by atoms with E-state index in [1.807, 2.05) is 13.8 Å². The molecule has 0 fully saturated rings. The second-order valence-electron chi connectivity index (χ2n) is 4.63. The third-order valence-electron chi connectivity index (χ3n) is 2.85. The van der Waals surface area contributed by atoms with Crippen molar-refractivity contribution < 1.29 is 9.53 Å². The minimum atomic E-state index is -0.385. The van der Waals surface area contributed by atoms with Crippen LogP contribution >= 0.6 is 11.3 Å². The lowest BCUT2D eigenvalue weighted by atomic mass is 10.1. The first-order chi connectivity index (χ1) is 9.51. The van der Waals surface area contributed by atoms with Crippen molar-refractivity contribution in [3.05, 3.63) is 44.9 Å². The zero-order chi connectivity index (χ0) is 14.7. The number of nitrogens with two attached hydrogens (primary N) is 1. The number of rotatable bonds is 4. The van der Waals surface area contributed by atoms with Gasteiger partial charge in [-0.1, -0.05) is 17.7 Å². The van der Waals surface area contributed by atoms with Crippen LogP contribution in [0.1, 0.15) is 32.2 Å². The van der Waals surface area contributed by atoms with Crippen molar-refractivity contribution in [1.82, 2.24) is 10.4 Å². The summed E-state index contributed by atoms with van der Waals surface area (Å²) in [5.41, 5.74) is 6.18. The van der Waals surface area contributed by atoms with Gasteiger partial charge in [-0.2, -0.15) is 0 Å². The number of carbonyl (C=O) groups excluding carboxylic acids is 1. The number of hydrazine groups is 1. The summed E-state index contributed by atoms with van der Waals surface area (Å²) in [7, 11) is 0. The van der Waals surface area contributed by atoms with Crippen LogP contribution in [-0.2, 0) is 6.61 Å². The number of hydrogen-bond donors (Lipinski definition) is 2. The standard InChI is InChI=1S/C14H17N3O2S/c1-8-4-9(2)12(10(3)5-8)19-6-11-7-20-14(16-11)13(18)17-15/h4-5,7H,6,15H2,1-3H3,(H,17,18). The Hall–Kier alpha value is -1.92. The fourth-order valence-electron chi connectivity index (χ4n) is 2.08. The van der Waals surface area contributed by atoms with Gasteiger partial charge in [0.2, 0.25) is 0 Å². The SMILES string of the molecule is Cc1cc(C)c(OCc2csc(C(=O)NN)n2)c(C)c1. The van der Waals surface area contributed by atoms with E-state index in [9.17, 15) is 4.79 Å². The molecule has 1 heterocycles. The van der Waals surface area contributed by atoms with Gasteiger partial charge in [-0.25, -0.2) is 10.8 Å². The van der Waals surface area contributed by atoms with E-state index >= 15 is 0 Å². The van der Waals surface area contributed by atoms with Crippen LogP contribution in [0.25, 0.3) is 0 Å². The molecule has 6 heteroatoms. The molecule has 0 unspecified atom stereocenters. The van der Waals surface area contributed by atoms with E-state index in [-0.39, 0.29) is 5.91 Å². The van der Waals surface area contributed by atoms with Crippen molar-refractivity contribution in [2.75, 3.05) is 0 Å². The van der Waals surface area contributed by atoms with Gasteiger partial charge in [0.1, 0.15) is 12.4 Å². The highest BCUT2D eigenvalue weighted by atomic mass is 32.1. The van der Waals surface area contributed by atoms with Gasteiger partial charge in [-0.15, -0.1) is 11.3 Å². The maximum absolute atomic E-state index is 11.3. The lowest BCUT2D eigenvalue weighted by Crippen LogP contribution is -2.29. The lowest BCUT2D eigenvalue weighted by molar-refractivity contribution is 0.0953. The quantitative estimate of drug-likeness (QED) is 0.514. The van der Waals surface area contributed by atoms with Crippen molar-refractivity contribution in [1.29, 1.82) is 0 Å². The molecular weight excluding hydrogens is 274 g/mol. The molecule has 0 saturated heterocycles. The molecule has 1 aromatic carbocycles. The van der Waals surface area contributed by atoms with Crippen LogP contribution in [0.2, 0.25) is 0 Å². The van der Waals surface area contributed by atoms with Gasteiger partial charge in [-0.05, 0) is 31.9 Å². The van der Waals surface area contributed by atoms with E-state index in [0.717, 1.165) is 16.9 Å². The van der Waals surface area contributed by atoms with Crippen LogP contribution in [0.5, 0.6) is 5.75 Å². The largest absolute Gasteiger partial charge is 0.487 e. The molecule has 0 radical (unpaired) electrons. The lowest BCUT2D eigenvalue weighted by Gasteiger charge is -2.12. The smallest absolute Gasteiger partial charge is 0.294 e. The fraction of sp³-hybridized carbons (Fsp3) is 0.286. The van der Waals surface area contributed by atoms with Crippen LogP contribution in [0.4, 0.5) is 0 Å². The summed E-state index contributed by atoms with van der Waals surface area (Å²) in [6, 6.07) is 4.16. The number of thiazole rings is 1. The Bertz CT molecular complexity index is 614. The fourth-order valence-corrected chi connectivity index (χ4v) is 2.78. The number of nitrogen functional groups attached to an aromatic ring is 1. The van der Waals surface area contributed by atoms with Gasteiger partial charge in [-0.3, -0.25) is 10.2 Å². The van der Waals surface area contributed by atoms with Crippen LogP contribution < -0.4 is 16.0 Å². The highest BCUT2D eigenvalue weighted by Gasteiger charge is 2.11. The van der Waals surface area contributed by atoms with Crippen molar-refractivity contribution in [3.8, 4) is 5.75 Å². The van der Waals surface area contributed by atoms with E-state index in [1.165, 1.54) is 16.9 Å². The monoisotopic (exact) mass is 291 g/mol. The molecule has 0 aliphatic carbocycles. The number of carbonyl (C=O) groups is 1. The van der Waals surface area contributed by atoms with Crippen molar-refractivity contribution in [2.45, 2.75) is 27.4 Å². The molecule has 0 spiro atoms. The Labute approximate surface area is 121 Å². The van der Waals surface area contributed by atoms with Gasteiger partial charge in [0, 0.05) is 5.38 Å². The number of ether oxygens (including phenoxy) is 1. The van der Waals surface area contributed by atoms with Gasteiger partial charge >= 0.3 is 0 Å². The predicted molar refractivity (Wildman–Crippen MR) is 78.8 cm³/mol. The number of benzene rings is 1. The first-order valence-electron chi connectivity index (χ1n) is 6.17. The summed E-state index contributed by atoms with van der Waals surface area (Å²) in [6.07, 6.45) is 0. The van der Waals surface area contributed by atoms with Gasteiger partial charge in [0.05, 0.1) is 5.69 Å². The number of aryl methyl sites for hydroxylation is 3. The van der Waals surface area contributed by atoms with Gasteiger partial charge < -0.3 is 4.74 Å². The summed E-state index contributed by atoms with van der Waals surface area (Å²) in [5, 5.41) is 2.13. The first kappa shape index (κ1) is 14.5. The van der Waals surface area contributed by atoms with E-state index < -0.39 is 0 Å². The third-order valence-corrected chi connectivity index (χ3v) is 3.74. The maximum Gasteiger partial charge on any atom is 0.294 e. The summed E-state index contributed by atoms with van der Waals surface area (Å²) in [4.78, 5) is 15.5. The minimum absolute atomic E-state index is 0.332. The molecule has 5 nitrogen and oxygen atoms in total. The summed E-state index contributed by atoms with van der Waals surface area (Å²) >= 11 is 1.25. The Morgan fingerprint density at radius 1 is 1.35 bits per heavy atom. The Balaban J connectivity index is 2.09. The van der Waals surface area contributed by atoms with Crippen LogP contribution in [0, 0.1) is 20.8 Å². The normalized spacial score (nSPS) is 10.4. The first-order valence-corrected chi connectivity index (χ1v) is 7.05. The molecule has 0 bridgehead atoms. The Morgan fingerprint density at radius 2 is 2.00 bits per heavy atom. The maximum atomic E-state index is 11.3. The molecule has 1 amide bonds. The number of nitrogens with zero attached hydrogens (tertiary/aromatic N) is 1. The number of nitrogens with one attached hydrogen (secondary N) is 1. The average molecular weight is 291 g/mol. The number of hydrogen-bond acceptors (Lipinski definition) is 5. The Morgan fingerprint density at radius 3 is 2.60 bits per heavy atom. The second-order valence-corrected chi connectivity index (χ2v) is 5.49. The zero-order valence-electron chi connectivity index (χ0n) is 11.7. The van der Waals surface area contributed by atoms with Gasteiger partial charge in [0.15, 0.2) is 5.01 Å². The highest BCUT2D eigenvalue weighted by molar-refractivity contribution is 7.11. The minimum Gasteiger partial charge on any atom is -0.487 e. The molecular formula is C14H17N3O2S. The van der Waals surface area contributed by atoms with Crippen LogP contribution in [-0.4, -0.2) is 10.9 Å². The van der Waals surface area contributed by atoms with Crippen molar-refractivity contribution in [2.24, 2.45) is 5.84 Å². The van der Waals surface area contributed by atoms with E-state index in [2.05, 4.69) is 29.5 Å². The second kappa shape index (κ2) is 6.02. The molecule has 2 rings (SSSR count). The number of amides is 1. The summed E-state index contributed by atoms with van der Waals surface area (Å²) in [5.74, 6) is 5.55. The van der Waals surface area contributed by atoms with E-state index in [4.69, 9.17) is 10.6 Å². The highest BCUT2D eigenvalue weighted by Crippen LogP contribution is 2.25. The molecule has 0 saturated carbocycles. The molecule has 0 aliphatic rings. The van der Waals surface area contributed by atoms with Gasteiger partial charge in [0.25, 0.3) is 5.91 Å². The molecule has 0 aliphatic heterocycles. The average Bonchev–Trinajstić information content (AvgIpc) is 2.85. The predicted octanol–water partition coefficient (Wildman–Crippen LogP) is 2.25. The molecule has 1 aromatic heterocycles. The van der Waals surface area contributed by atoms with Crippen LogP contribution in [0.3, 0.4) is 0 Å². The topological polar surface area (TPSA) is 77.2 Å². The van der Waals surface area contributed by atoms with E-state index in [1.54, 1.807) is 5.38 Å². The van der Waals surface area contributed by atoms with E-state index in [0.29, 0.717) is 17.3 Å². The Kier molecular flexibility index (Phi) is 4.36. The molecule has 20 heavy (non-hydrogen) atoms. The molecule has 2 aromatic rings. The summed E-state index contributed by atoms with van der Waals surface area (Å²) in [6.45, 7) is 6.42. The van der Waals surface area contributed by atoms with Crippen LogP contribution in [0.15, 0.2) is 17.5 Å². The third kappa shape index (κ3) is 3.15. The van der Waals surface area contributed by atoms with Crippen molar-refractivity contribution >= 4 is 17.2 Å². The number of aromatic nitrogens is 1. The summed E-state index contributed by atoms with van der Waals surface area (Å²) < 4.78 is 5.82.